The minimum absolute atomic E-state index is 0.0368. The molecule has 2 heterocycles. The summed E-state index contributed by atoms with van der Waals surface area (Å²) in [4.78, 5) is 29.9. The van der Waals surface area contributed by atoms with Crippen LogP contribution < -0.4 is 5.32 Å². The summed E-state index contributed by atoms with van der Waals surface area (Å²) in [6.45, 7) is 7.60. The molecule has 2 aromatic rings. The van der Waals surface area contributed by atoms with Gasteiger partial charge in [0.2, 0.25) is 5.91 Å². The fourth-order valence-corrected chi connectivity index (χ4v) is 3.94. The number of Topliss-reactive ketones (excluding diaryl/α,β-unsaturated/α-hetero) is 1. The monoisotopic (exact) mass is 336 g/mol. The third-order valence-corrected chi connectivity index (χ3v) is 5.72. The summed E-state index contributed by atoms with van der Waals surface area (Å²) in [5.41, 5.74) is 1.91. The largest absolute Gasteiger partial charge is 0.347 e. The van der Waals surface area contributed by atoms with Crippen LogP contribution in [0.15, 0.2) is 11.4 Å². The second-order valence-electron chi connectivity index (χ2n) is 5.27. The van der Waals surface area contributed by atoms with Crippen molar-refractivity contribution in [3.05, 3.63) is 37.5 Å². The quantitative estimate of drug-likeness (QED) is 0.816. The standard InChI is InChI=1S/C16H20N2O2S2/c1-5-13(16-17-9(2)11(4)22-16)18-15(20)7-12-6-14(10(3)19)21-8-12/h6,8,13H,5,7H2,1-4H3,(H,18,20)/t13-/m0/s1. The number of aryl methyl sites for hydroxylation is 2. The number of aromatic nitrogens is 1. The maximum absolute atomic E-state index is 12.2. The molecule has 4 nitrogen and oxygen atoms in total. The summed E-state index contributed by atoms with van der Waals surface area (Å²) >= 11 is 3.02. The second-order valence-corrected chi connectivity index (χ2v) is 7.42. The second kappa shape index (κ2) is 7.15. The Balaban J connectivity index is 2.01. The van der Waals surface area contributed by atoms with Crippen LogP contribution >= 0.6 is 22.7 Å². The van der Waals surface area contributed by atoms with E-state index >= 15 is 0 Å². The highest BCUT2D eigenvalue weighted by atomic mass is 32.1. The van der Waals surface area contributed by atoms with Crippen molar-refractivity contribution in [2.75, 3.05) is 0 Å². The van der Waals surface area contributed by atoms with Crippen LogP contribution in [0.25, 0.3) is 0 Å². The number of ketones is 1. The number of amides is 1. The summed E-state index contributed by atoms with van der Waals surface area (Å²) in [6.07, 6.45) is 1.10. The molecule has 1 amide bonds. The first-order valence-electron chi connectivity index (χ1n) is 7.22. The van der Waals surface area contributed by atoms with E-state index in [0.29, 0.717) is 11.3 Å². The molecule has 0 unspecified atom stereocenters. The van der Waals surface area contributed by atoms with Gasteiger partial charge in [-0.3, -0.25) is 9.59 Å². The van der Waals surface area contributed by atoms with E-state index in [1.165, 1.54) is 23.1 Å². The van der Waals surface area contributed by atoms with Gasteiger partial charge in [-0.15, -0.1) is 22.7 Å². The molecular weight excluding hydrogens is 316 g/mol. The van der Waals surface area contributed by atoms with Crippen molar-refractivity contribution in [3.8, 4) is 0 Å². The van der Waals surface area contributed by atoms with Crippen LogP contribution in [0.1, 0.15) is 57.1 Å². The van der Waals surface area contributed by atoms with Crippen LogP contribution in [0.4, 0.5) is 0 Å². The zero-order valence-corrected chi connectivity index (χ0v) is 14.9. The number of rotatable bonds is 6. The predicted octanol–water partition coefficient (Wildman–Crippen LogP) is 3.83. The van der Waals surface area contributed by atoms with Crippen molar-refractivity contribution in [1.82, 2.24) is 10.3 Å². The zero-order valence-electron chi connectivity index (χ0n) is 13.2. The summed E-state index contributed by atoms with van der Waals surface area (Å²) in [6, 6.07) is 1.75. The molecule has 0 saturated carbocycles. The summed E-state index contributed by atoms with van der Waals surface area (Å²) in [5.74, 6) is 0.00193. The molecule has 0 aliphatic rings. The van der Waals surface area contributed by atoms with Gasteiger partial charge in [0.1, 0.15) is 5.01 Å². The van der Waals surface area contributed by atoms with Gasteiger partial charge in [-0.05, 0) is 44.2 Å². The number of nitrogens with one attached hydrogen (secondary N) is 1. The van der Waals surface area contributed by atoms with Crippen molar-refractivity contribution in [2.45, 2.75) is 46.6 Å². The van der Waals surface area contributed by atoms with Crippen molar-refractivity contribution >= 4 is 34.4 Å². The number of carbonyl (C=O) groups is 2. The van der Waals surface area contributed by atoms with Crippen molar-refractivity contribution < 1.29 is 9.59 Å². The Hall–Kier alpha value is -1.53. The number of nitrogens with zero attached hydrogens (tertiary/aromatic N) is 1. The number of thiophene rings is 1. The van der Waals surface area contributed by atoms with Gasteiger partial charge in [0.05, 0.1) is 23.0 Å². The maximum atomic E-state index is 12.2. The van der Waals surface area contributed by atoms with Gasteiger partial charge >= 0.3 is 0 Å². The molecule has 22 heavy (non-hydrogen) atoms. The predicted molar refractivity (Wildman–Crippen MR) is 90.8 cm³/mol. The van der Waals surface area contributed by atoms with E-state index in [-0.39, 0.29) is 17.7 Å². The minimum atomic E-state index is -0.0455. The lowest BCUT2D eigenvalue weighted by molar-refractivity contribution is -0.121. The Labute approximate surface area is 138 Å². The molecule has 0 aliphatic heterocycles. The molecule has 0 aromatic carbocycles. The number of carbonyl (C=O) groups excluding carboxylic acids is 2. The first kappa shape index (κ1) is 16.8. The van der Waals surface area contributed by atoms with Gasteiger partial charge in [-0.1, -0.05) is 6.92 Å². The lowest BCUT2D eigenvalue weighted by atomic mass is 10.2. The Morgan fingerprint density at radius 1 is 1.36 bits per heavy atom. The van der Waals surface area contributed by atoms with E-state index < -0.39 is 0 Å². The van der Waals surface area contributed by atoms with Crippen molar-refractivity contribution in [2.24, 2.45) is 0 Å². The molecule has 1 atom stereocenters. The molecule has 0 bridgehead atoms. The van der Waals surface area contributed by atoms with Crippen molar-refractivity contribution in [1.29, 1.82) is 0 Å². The number of hydrogen-bond donors (Lipinski definition) is 1. The Morgan fingerprint density at radius 2 is 2.09 bits per heavy atom. The summed E-state index contributed by atoms with van der Waals surface area (Å²) in [7, 11) is 0. The third kappa shape index (κ3) is 4.01. The van der Waals surface area contributed by atoms with E-state index in [9.17, 15) is 9.59 Å². The van der Waals surface area contributed by atoms with Gasteiger partial charge in [-0.25, -0.2) is 4.98 Å². The van der Waals surface area contributed by atoms with E-state index in [4.69, 9.17) is 0 Å². The molecule has 6 heteroatoms. The first-order chi connectivity index (χ1) is 10.4. The Morgan fingerprint density at radius 3 is 2.59 bits per heavy atom. The lowest BCUT2D eigenvalue weighted by Gasteiger charge is -2.14. The van der Waals surface area contributed by atoms with E-state index in [0.717, 1.165) is 22.7 Å². The molecule has 0 radical (unpaired) electrons. The van der Waals surface area contributed by atoms with Crippen LogP contribution in [0, 0.1) is 13.8 Å². The highest BCUT2D eigenvalue weighted by Crippen LogP contribution is 2.25. The van der Waals surface area contributed by atoms with Gasteiger partial charge in [0, 0.05) is 4.88 Å². The fraction of sp³-hybridized carbons (Fsp3) is 0.438. The van der Waals surface area contributed by atoms with Crippen molar-refractivity contribution in [3.63, 3.8) is 0 Å². The average Bonchev–Trinajstić information content (AvgIpc) is 3.04. The van der Waals surface area contributed by atoms with E-state index in [1.807, 2.05) is 26.2 Å². The molecule has 0 fully saturated rings. The molecule has 1 N–H and O–H groups in total. The minimum Gasteiger partial charge on any atom is -0.347 e. The van der Waals surface area contributed by atoms with Crippen LogP contribution in [0.5, 0.6) is 0 Å². The average molecular weight is 336 g/mol. The fourth-order valence-electron chi connectivity index (χ4n) is 2.07. The Bertz CT molecular complexity index is 669. The SMILES string of the molecule is CC[C@H](NC(=O)Cc1csc(C(C)=O)c1)c1nc(C)c(C)s1. The van der Waals surface area contributed by atoms with Crippen LogP contribution in [0.2, 0.25) is 0 Å². The van der Waals surface area contributed by atoms with Gasteiger partial charge in [-0.2, -0.15) is 0 Å². The smallest absolute Gasteiger partial charge is 0.225 e. The summed E-state index contributed by atoms with van der Waals surface area (Å²) in [5, 5.41) is 5.87. The molecule has 0 saturated heterocycles. The Kier molecular flexibility index (Phi) is 5.47. The highest BCUT2D eigenvalue weighted by molar-refractivity contribution is 7.12. The molecule has 2 rings (SSSR count). The van der Waals surface area contributed by atoms with E-state index in [2.05, 4.69) is 10.3 Å². The number of hydrogen-bond acceptors (Lipinski definition) is 5. The van der Waals surface area contributed by atoms with Gasteiger partial charge < -0.3 is 5.32 Å². The zero-order chi connectivity index (χ0) is 16.3. The molecule has 0 aliphatic carbocycles. The third-order valence-electron chi connectivity index (χ3n) is 3.45. The van der Waals surface area contributed by atoms with Crippen LogP contribution in [-0.4, -0.2) is 16.7 Å². The first-order valence-corrected chi connectivity index (χ1v) is 8.92. The van der Waals surface area contributed by atoms with E-state index in [1.54, 1.807) is 17.4 Å². The van der Waals surface area contributed by atoms with Crippen LogP contribution in [0.3, 0.4) is 0 Å². The normalized spacial score (nSPS) is 12.2. The molecular formula is C16H20N2O2S2. The van der Waals surface area contributed by atoms with Crippen LogP contribution in [-0.2, 0) is 11.2 Å². The molecule has 0 spiro atoms. The molecule has 118 valence electrons. The maximum Gasteiger partial charge on any atom is 0.225 e. The number of thiazole rings is 1. The summed E-state index contributed by atoms with van der Waals surface area (Å²) < 4.78 is 0. The molecule has 2 aromatic heterocycles. The van der Waals surface area contributed by atoms with Gasteiger partial charge in [0.25, 0.3) is 0 Å². The lowest BCUT2D eigenvalue weighted by Crippen LogP contribution is -2.29. The topological polar surface area (TPSA) is 59.1 Å². The van der Waals surface area contributed by atoms with Gasteiger partial charge in [0.15, 0.2) is 5.78 Å². The highest BCUT2D eigenvalue weighted by Gasteiger charge is 2.18.